The molecular formula is C21H40O7. The summed E-state index contributed by atoms with van der Waals surface area (Å²) in [6.07, 6.45) is 13.5. The Hall–Kier alpha value is -0.990. The molecule has 0 saturated carbocycles. The van der Waals surface area contributed by atoms with E-state index in [0.29, 0.717) is 6.42 Å². The summed E-state index contributed by atoms with van der Waals surface area (Å²) in [5, 5.41) is 47.0. The van der Waals surface area contributed by atoms with Gasteiger partial charge in [0.05, 0.1) is 13.2 Å². The summed E-state index contributed by atoms with van der Waals surface area (Å²) in [4.78, 5) is 11.7. The summed E-state index contributed by atoms with van der Waals surface area (Å²) in [5.41, 5.74) is 0. The smallest absolute Gasteiger partial charge is 0.369 e. The zero-order valence-electron chi connectivity index (χ0n) is 17.3. The molecule has 0 saturated heterocycles. The van der Waals surface area contributed by atoms with Gasteiger partial charge < -0.3 is 30.3 Å². The van der Waals surface area contributed by atoms with E-state index in [1.54, 1.807) is 0 Å². The molecular weight excluding hydrogens is 364 g/mol. The van der Waals surface area contributed by atoms with Crippen LogP contribution in [-0.2, 0) is 9.53 Å². The standard InChI is InChI=1S/C21H40O7/c1-2-3-4-5-6-7-8-9-10-11-12-13-14-15-19(24)21(26,27)20(25)28-18(16-22)17-23/h9-10,18-19,22-24,26-27H,2-8,11-17H2,1H3/b10-9-. The van der Waals surface area contributed by atoms with Gasteiger partial charge in [-0.1, -0.05) is 64.0 Å². The highest BCUT2D eigenvalue weighted by molar-refractivity contribution is 5.78. The lowest BCUT2D eigenvalue weighted by Gasteiger charge is -2.26. The Morgan fingerprint density at radius 2 is 1.39 bits per heavy atom. The predicted octanol–water partition coefficient (Wildman–Crippen LogP) is 2.18. The van der Waals surface area contributed by atoms with Crippen LogP contribution in [0.4, 0.5) is 0 Å². The average molecular weight is 405 g/mol. The fraction of sp³-hybridized carbons (Fsp3) is 0.857. The van der Waals surface area contributed by atoms with E-state index in [2.05, 4.69) is 23.8 Å². The Labute approximate surface area is 169 Å². The number of aliphatic hydroxyl groups is 5. The number of allylic oxidation sites excluding steroid dienone is 2. The third-order valence-corrected chi connectivity index (χ3v) is 4.69. The van der Waals surface area contributed by atoms with Crippen molar-refractivity contribution in [1.29, 1.82) is 0 Å². The van der Waals surface area contributed by atoms with Gasteiger partial charge in [0.15, 0.2) is 0 Å². The summed E-state index contributed by atoms with van der Waals surface area (Å²) in [7, 11) is 0. The van der Waals surface area contributed by atoms with Crippen LogP contribution in [0.5, 0.6) is 0 Å². The van der Waals surface area contributed by atoms with Gasteiger partial charge in [0.1, 0.15) is 12.2 Å². The van der Waals surface area contributed by atoms with E-state index in [9.17, 15) is 20.1 Å². The quantitative estimate of drug-likeness (QED) is 0.103. The van der Waals surface area contributed by atoms with Crippen molar-refractivity contribution in [3.63, 3.8) is 0 Å². The minimum atomic E-state index is -3.06. The largest absolute Gasteiger partial charge is 0.453 e. The molecule has 0 aliphatic carbocycles. The molecule has 5 N–H and O–H groups in total. The van der Waals surface area contributed by atoms with Crippen LogP contribution in [0.3, 0.4) is 0 Å². The van der Waals surface area contributed by atoms with Gasteiger partial charge in [-0.25, -0.2) is 4.79 Å². The van der Waals surface area contributed by atoms with Crippen molar-refractivity contribution < 1.29 is 35.1 Å². The number of unbranched alkanes of at least 4 members (excludes halogenated alkanes) is 9. The molecule has 7 heteroatoms. The van der Waals surface area contributed by atoms with Crippen LogP contribution >= 0.6 is 0 Å². The Morgan fingerprint density at radius 3 is 1.93 bits per heavy atom. The van der Waals surface area contributed by atoms with Crippen molar-refractivity contribution in [2.24, 2.45) is 0 Å². The van der Waals surface area contributed by atoms with Gasteiger partial charge >= 0.3 is 5.97 Å². The highest BCUT2D eigenvalue weighted by Crippen LogP contribution is 2.17. The van der Waals surface area contributed by atoms with E-state index in [-0.39, 0.29) is 6.42 Å². The van der Waals surface area contributed by atoms with E-state index in [0.717, 1.165) is 25.7 Å². The molecule has 0 aromatic heterocycles. The van der Waals surface area contributed by atoms with E-state index < -0.39 is 37.2 Å². The molecule has 1 unspecified atom stereocenters. The van der Waals surface area contributed by atoms with Gasteiger partial charge in [0.2, 0.25) is 0 Å². The van der Waals surface area contributed by atoms with Crippen molar-refractivity contribution in [2.75, 3.05) is 13.2 Å². The second-order valence-electron chi connectivity index (χ2n) is 7.30. The van der Waals surface area contributed by atoms with Gasteiger partial charge in [-0.3, -0.25) is 0 Å². The molecule has 0 aromatic rings. The van der Waals surface area contributed by atoms with Crippen LogP contribution in [0.15, 0.2) is 12.2 Å². The second kappa shape index (κ2) is 16.9. The molecule has 166 valence electrons. The normalized spacial score (nSPS) is 13.4. The van der Waals surface area contributed by atoms with Crippen molar-refractivity contribution >= 4 is 5.97 Å². The van der Waals surface area contributed by atoms with Crippen LogP contribution in [0.2, 0.25) is 0 Å². The van der Waals surface area contributed by atoms with Crippen molar-refractivity contribution in [1.82, 2.24) is 0 Å². The number of carbonyl (C=O) groups excluding carboxylic acids is 1. The van der Waals surface area contributed by atoms with E-state index >= 15 is 0 Å². The molecule has 0 fully saturated rings. The Kier molecular flexibility index (Phi) is 16.3. The Bertz CT molecular complexity index is 406. The minimum absolute atomic E-state index is 0.0342. The molecule has 0 aliphatic rings. The van der Waals surface area contributed by atoms with Gasteiger partial charge in [-0.15, -0.1) is 0 Å². The molecule has 0 heterocycles. The summed E-state index contributed by atoms with van der Waals surface area (Å²) in [5.74, 6) is -4.54. The van der Waals surface area contributed by atoms with Crippen LogP contribution in [-0.4, -0.2) is 62.7 Å². The molecule has 0 aromatic carbocycles. The molecule has 0 amide bonds. The van der Waals surface area contributed by atoms with Crippen LogP contribution in [0, 0.1) is 0 Å². The fourth-order valence-corrected chi connectivity index (χ4v) is 2.76. The zero-order valence-corrected chi connectivity index (χ0v) is 17.3. The highest BCUT2D eigenvalue weighted by atomic mass is 16.6. The minimum Gasteiger partial charge on any atom is -0.453 e. The molecule has 0 bridgehead atoms. The lowest BCUT2D eigenvalue weighted by molar-refractivity contribution is -0.247. The van der Waals surface area contributed by atoms with Gasteiger partial charge in [0.25, 0.3) is 5.79 Å². The number of aliphatic hydroxyl groups excluding tert-OH is 3. The van der Waals surface area contributed by atoms with E-state index in [1.807, 2.05) is 0 Å². The third-order valence-electron chi connectivity index (χ3n) is 4.69. The molecule has 0 radical (unpaired) electrons. The maximum absolute atomic E-state index is 11.7. The summed E-state index contributed by atoms with van der Waals surface area (Å²) >= 11 is 0. The van der Waals surface area contributed by atoms with Crippen molar-refractivity contribution in [3.05, 3.63) is 12.2 Å². The van der Waals surface area contributed by atoms with E-state index in [1.165, 1.54) is 38.5 Å². The van der Waals surface area contributed by atoms with Crippen LogP contribution in [0.1, 0.15) is 84.0 Å². The molecule has 0 spiro atoms. The lowest BCUT2D eigenvalue weighted by atomic mass is 10.0. The highest BCUT2D eigenvalue weighted by Gasteiger charge is 2.43. The lowest BCUT2D eigenvalue weighted by Crippen LogP contribution is -2.52. The maximum atomic E-state index is 11.7. The molecule has 7 nitrogen and oxygen atoms in total. The van der Waals surface area contributed by atoms with Gasteiger partial charge in [-0.2, -0.15) is 0 Å². The number of carbonyl (C=O) groups is 1. The molecule has 28 heavy (non-hydrogen) atoms. The fourth-order valence-electron chi connectivity index (χ4n) is 2.76. The van der Waals surface area contributed by atoms with Crippen LogP contribution in [0.25, 0.3) is 0 Å². The Balaban J connectivity index is 3.81. The monoisotopic (exact) mass is 404 g/mol. The first-order valence-corrected chi connectivity index (χ1v) is 10.6. The van der Waals surface area contributed by atoms with Gasteiger partial charge in [0, 0.05) is 0 Å². The number of esters is 1. The number of ether oxygens (including phenoxy) is 1. The molecule has 1 atom stereocenters. The average Bonchev–Trinajstić information content (AvgIpc) is 2.69. The van der Waals surface area contributed by atoms with Crippen molar-refractivity contribution in [2.45, 2.75) is 102 Å². The predicted molar refractivity (Wildman–Crippen MR) is 107 cm³/mol. The second-order valence-corrected chi connectivity index (χ2v) is 7.30. The number of rotatable bonds is 18. The number of hydrogen-bond acceptors (Lipinski definition) is 7. The first-order valence-electron chi connectivity index (χ1n) is 10.6. The topological polar surface area (TPSA) is 127 Å². The maximum Gasteiger partial charge on any atom is 0.369 e. The summed E-state index contributed by atoms with van der Waals surface area (Å²) in [6, 6.07) is 0. The Morgan fingerprint density at radius 1 is 0.893 bits per heavy atom. The van der Waals surface area contributed by atoms with Crippen molar-refractivity contribution in [3.8, 4) is 0 Å². The molecule has 0 rings (SSSR count). The first-order chi connectivity index (χ1) is 13.4. The van der Waals surface area contributed by atoms with E-state index in [4.69, 9.17) is 10.2 Å². The SMILES string of the molecule is CCCCCCCC/C=C\CCCCCC(O)C(O)(O)C(=O)OC(CO)CO. The van der Waals surface area contributed by atoms with Gasteiger partial charge in [-0.05, 0) is 32.1 Å². The summed E-state index contributed by atoms with van der Waals surface area (Å²) < 4.78 is 4.55. The summed E-state index contributed by atoms with van der Waals surface area (Å²) in [6.45, 7) is 0.912. The number of hydrogen-bond donors (Lipinski definition) is 5. The van der Waals surface area contributed by atoms with Crippen LogP contribution < -0.4 is 0 Å². The molecule has 0 aliphatic heterocycles. The first kappa shape index (κ1) is 27.0. The zero-order chi connectivity index (χ0) is 21.3. The third kappa shape index (κ3) is 12.5.